The molecular formula is C21H29N5O. The Hall–Kier alpha value is -2.47. The maximum atomic E-state index is 12.7. The van der Waals surface area contributed by atoms with E-state index in [1.807, 2.05) is 24.3 Å². The number of aromatic nitrogens is 2. The third-order valence-corrected chi connectivity index (χ3v) is 4.99. The molecule has 0 atom stereocenters. The van der Waals surface area contributed by atoms with E-state index in [0.717, 1.165) is 44.0 Å². The van der Waals surface area contributed by atoms with E-state index >= 15 is 0 Å². The first-order chi connectivity index (χ1) is 12.9. The van der Waals surface area contributed by atoms with Crippen molar-refractivity contribution in [2.75, 3.05) is 42.9 Å². The summed E-state index contributed by atoms with van der Waals surface area (Å²) in [5, 5.41) is 3.01. The van der Waals surface area contributed by atoms with Crippen LogP contribution in [0.1, 0.15) is 43.6 Å². The number of rotatable bonds is 4. The van der Waals surface area contributed by atoms with Crippen LogP contribution in [-0.2, 0) is 5.41 Å². The van der Waals surface area contributed by atoms with Gasteiger partial charge in [-0.15, -0.1) is 0 Å². The summed E-state index contributed by atoms with van der Waals surface area (Å²) < 4.78 is 0. The maximum Gasteiger partial charge on any atom is 0.258 e. The summed E-state index contributed by atoms with van der Waals surface area (Å²) in [6.45, 7) is 13.5. The van der Waals surface area contributed by atoms with Crippen molar-refractivity contribution >= 4 is 17.5 Å². The fourth-order valence-electron chi connectivity index (χ4n) is 3.31. The third-order valence-electron chi connectivity index (χ3n) is 4.99. The molecule has 0 saturated carbocycles. The zero-order chi connectivity index (χ0) is 19.4. The van der Waals surface area contributed by atoms with E-state index in [1.54, 1.807) is 12.4 Å². The molecule has 3 rings (SSSR count). The van der Waals surface area contributed by atoms with E-state index in [0.29, 0.717) is 11.5 Å². The van der Waals surface area contributed by atoms with Crippen LogP contribution in [-0.4, -0.2) is 53.5 Å². The van der Waals surface area contributed by atoms with Crippen LogP contribution in [0.25, 0.3) is 0 Å². The van der Waals surface area contributed by atoms with E-state index < -0.39 is 0 Å². The molecule has 2 aromatic rings. The monoisotopic (exact) mass is 367 g/mol. The smallest absolute Gasteiger partial charge is 0.258 e. The molecule has 27 heavy (non-hydrogen) atoms. The minimum Gasteiger partial charge on any atom is -0.338 e. The molecule has 0 aliphatic carbocycles. The van der Waals surface area contributed by atoms with Gasteiger partial charge in [-0.3, -0.25) is 4.79 Å². The van der Waals surface area contributed by atoms with Crippen LogP contribution in [0.3, 0.4) is 0 Å². The number of para-hydroxylation sites is 1. The van der Waals surface area contributed by atoms with Gasteiger partial charge in [-0.25, -0.2) is 9.97 Å². The van der Waals surface area contributed by atoms with Crippen molar-refractivity contribution in [3.05, 3.63) is 47.8 Å². The van der Waals surface area contributed by atoms with Crippen LogP contribution in [0.15, 0.2) is 36.7 Å². The lowest BCUT2D eigenvalue weighted by Crippen LogP contribution is -2.46. The van der Waals surface area contributed by atoms with E-state index in [4.69, 9.17) is 0 Å². The number of piperazine rings is 1. The number of likely N-dealkylation sites (N-methyl/N-ethyl adjacent to an activating group) is 1. The molecule has 1 fully saturated rings. The van der Waals surface area contributed by atoms with Gasteiger partial charge in [0.05, 0.1) is 5.56 Å². The van der Waals surface area contributed by atoms with Crippen molar-refractivity contribution in [1.29, 1.82) is 0 Å². The van der Waals surface area contributed by atoms with Crippen LogP contribution in [0.2, 0.25) is 0 Å². The highest BCUT2D eigenvalue weighted by Crippen LogP contribution is 2.29. The first kappa shape index (κ1) is 19.3. The van der Waals surface area contributed by atoms with Crippen molar-refractivity contribution in [3.63, 3.8) is 0 Å². The third kappa shape index (κ3) is 4.63. The molecule has 1 aromatic carbocycles. The summed E-state index contributed by atoms with van der Waals surface area (Å²) in [4.78, 5) is 26.1. The van der Waals surface area contributed by atoms with Crippen LogP contribution >= 0.6 is 0 Å². The van der Waals surface area contributed by atoms with Gasteiger partial charge in [0.15, 0.2) is 0 Å². The van der Waals surface area contributed by atoms with E-state index in [1.165, 1.54) is 0 Å². The predicted octanol–water partition coefficient (Wildman–Crippen LogP) is 3.17. The van der Waals surface area contributed by atoms with Crippen molar-refractivity contribution in [1.82, 2.24) is 14.9 Å². The van der Waals surface area contributed by atoms with Gasteiger partial charge in [-0.1, -0.05) is 45.9 Å². The molecule has 6 heteroatoms. The van der Waals surface area contributed by atoms with Gasteiger partial charge >= 0.3 is 0 Å². The van der Waals surface area contributed by atoms with Crippen molar-refractivity contribution in [2.24, 2.45) is 0 Å². The quantitative estimate of drug-likeness (QED) is 0.899. The number of nitrogens with zero attached hydrogens (tertiary/aromatic N) is 4. The van der Waals surface area contributed by atoms with Crippen LogP contribution < -0.4 is 10.2 Å². The van der Waals surface area contributed by atoms with Crippen LogP contribution in [0.5, 0.6) is 0 Å². The molecule has 1 amide bonds. The minimum absolute atomic E-state index is 0.0507. The predicted molar refractivity (Wildman–Crippen MR) is 109 cm³/mol. The molecule has 1 N–H and O–H groups in total. The molecule has 144 valence electrons. The molecule has 0 bridgehead atoms. The molecule has 0 unspecified atom stereocenters. The van der Waals surface area contributed by atoms with Crippen molar-refractivity contribution < 1.29 is 4.79 Å². The summed E-state index contributed by atoms with van der Waals surface area (Å²) in [5.74, 6) is 0.506. The Bertz CT molecular complexity index is 774. The normalized spacial score (nSPS) is 15.6. The number of hydrogen-bond acceptors (Lipinski definition) is 5. The lowest BCUT2D eigenvalue weighted by molar-refractivity contribution is 0.102. The fourth-order valence-corrected chi connectivity index (χ4v) is 3.31. The first-order valence-corrected chi connectivity index (χ1v) is 9.58. The first-order valence-electron chi connectivity index (χ1n) is 9.58. The van der Waals surface area contributed by atoms with Gasteiger partial charge in [-0.05, 0) is 23.6 Å². The number of hydrogen-bond donors (Lipinski definition) is 1. The number of anilines is 2. The zero-order valence-corrected chi connectivity index (χ0v) is 16.7. The second-order valence-electron chi connectivity index (χ2n) is 7.94. The lowest BCUT2D eigenvalue weighted by Gasteiger charge is -2.33. The van der Waals surface area contributed by atoms with Gasteiger partial charge in [0.2, 0.25) is 5.95 Å². The van der Waals surface area contributed by atoms with Gasteiger partial charge in [0, 0.05) is 44.3 Å². The Morgan fingerprint density at radius 1 is 1.07 bits per heavy atom. The van der Waals surface area contributed by atoms with Gasteiger partial charge in [-0.2, -0.15) is 0 Å². The van der Waals surface area contributed by atoms with E-state index in [9.17, 15) is 4.79 Å². The summed E-state index contributed by atoms with van der Waals surface area (Å²) >= 11 is 0. The molecule has 0 spiro atoms. The standard InChI is InChI=1S/C21H29N5O/c1-5-25-10-12-26(13-11-25)20-22-14-16(15-23-20)19(27)24-18-9-7-6-8-17(18)21(2,3)4/h6-9,14-15H,5,10-13H2,1-4H3,(H,24,27). The average molecular weight is 367 g/mol. The Morgan fingerprint density at radius 3 is 2.30 bits per heavy atom. The lowest BCUT2D eigenvalue weighted by atomic mass is 9.86. The molecule has 0 radical (unpaired) electrons. The highest BCUT2D eigenvalue weighted by Gasteiger charge is 2.20. The van der Waals surface area contributed by atoms with Gasteiger partial charge in [0.1, 0.15) is 0 Å². The molecule has 1 aromatic heterocycles. The average Bonchev–Trinajstić information content (AvgIpc) is 2.68. The summed E-state index contributed by atoms with van der Waals surface area (Å²) in [5.41, 5.74) is 2.35. The maximum absolute atomic E-state index is 12.7. The van der Waals surface area contributed by atoms with Crippen LogP contribution in [0, 0.1) is 0 Å². The number of carbonyl (C=O) groups is 1. The molecule has 1 aliphatic rings. The second kappa shape index (κ2) is 8.05. The molecule has 2 heterocycles. The highest BCUT2D eigenvalue weighted by molar-refractivity contribution is 6.04. The number of carbonyl (C=O) groups excluding carboxylic acids is 1. The summed E-state index contributed by atoms with van der Waals surface area (Å²) in [6, 6.07) is 7.90. The van der Waals surface area contributed by atoms with Crippen molar-refractivity contribution in [2.45, 2.75) is 33.1 Å². The number of nitrogens with one attached hydrogen (secondary N) is 1. The Kier molecular flexibility index (Phi) is 5.75. The second-order valence-corrected chi connectivity index (χ2v) is 7.94. The fraction of sp³-hybridized carbons (Fsp3) is 0.476. The van der Waals surface area contributed by atoms with E-state index in [-0.39, 0.29) is 11.3 Å². The zero-order valence-electron chi connectivity index (χ0n) is 16.7. The van der Waals surface area contributed by atoms with Gasteiger partial charge in [0.25, 0.3) is 5.91 Å². The minimum atomic E-state index is -0.186. The van der Waals surface area contributed by atoms with Gasteiger partial charge < -0.3 is 15.1 Å². The number of amides is 1. The van der Waals surface area contributed by atoms with E-state index in [2.05, 4.69) is 52.8 Å². The molecular weight excluding hydrogens is 338 g/mol. The molecule has 1 aliphatic heterocycles. The largest absolute Gasteiger partial charge is 0.338 e. The SMILES string of the molecule is CCN1CCN(c2ncc(C(=O)Nc3ccccc3C(C)(C)C)cn2)CC1. The Morgan fingerprint density at radius 2 is 1.70 bits per heavy atom. The molecule has 1 saturated heterocycles. The summed E-state index contributed by atoms with van der Waals surface area (Å²) in [6.07, 6.45) is 3.23. The topological polar surface area (TPSA) is 61.4 Å². The summed E-state index contributed by atoms with van der Waals surface area (Å²) in [7, 11) is 0. The Balaban J connectivity index is 1.69. The Labute approximate surface area is 161 Å². The molecule has 6 nitrogen and oxygen atoms in total. The highest BCUT2D eigenvalue weighted by atomic mass is 16.1. The number of benzene rings is 1. The van der Waals surface area contributed by atoms with Crippen LogP contribution in [0.4, 0.5) is 11.6 Å². The van der Waals surface area contributed by atoms with Crippen molar-refractivity contribution in [3.8, 4) is 0 Å².